The van der Waals surface area contributed by atoms with Gasteiger partial charge in [0.25, 0.3) is 0 Å². The fraction of sp³-hybridized carbons (Fsp3) is 0.0625. The standard InChI is InChI=1S/C16H13ClIN3/c1-21-16(19)14(10-5-4-6-11(17)9-10)15(20-21)12-7-2-3-8-13(12)18/h2-9H,19H2,1H3. The number of aromatic nitrogens is 2. The van der Waals surface area contributed by atoms with Crippen LogP contribution in [0.3, 0.4) is 0 Å². The summed E-state index contributed by atoms with van der Waals surface area (Å²) in [6, 6.07) is 15.8. The number of aryl methyl sites for hydroxylation is 1. The van der Waals surface area contributed by atoms with Crippen LogP contribution in [0.1, 0.15) is 0 Å². The molecule has 0 radical (unpaired) electrons. The predicted molar refractivity (Wildman–Crippen MR) is 96.2 cm³/mol. The lowest BCUT2D eigenvalue weighted by molar-refractivity contribution is 0.782. The summed E-state index contributed by atoms with van der Waals surface area (Å²) in [4.78, 5) is 0. The van der Waals surface area contributed by atoms with Crippen LogP contribution >= 0.6 is 34.2 Å². The number of nitrogen functional groups attached to an aromatic ring is 1. The van der Waals surface area contributed by atoms with E-state index in [1.807, 2.05) is 43.4 Å². The van der Waals surface area contributed by atoms with Gasteiger partial charge < -0.3 is 5.73 Å². The average Bonchev–Trinajstić information content (AvgIpc) is 2.75. The molecule has 0 fully saturated rings. The van der Waals surface area contributed by atoms with E-state index in [1.54, 1.807) is 4.68 Å². The van der Waals surface area contributed by atoms with Gasteiger partial charge in [0.15, 0.2) is 0 Å². The van der Waals surface area contributed by atoms with E-state index in [0.29, 0.717) is 10.8 Å². The van der Waals surface area contributed by atoms with Gasteiger partial charge in [0.05, 0.1) is 5.56 Å². The van der Waals surface area contributed by atoms with Gasteiger partial charge in [-0.3, -0.25) is 4.68 Å². The summed E-state index contributed by atoms with van der Waals surface area (Å²) in [5, 5.41) is 5.28. The van der Waals surface area contributed by atoms with Crippen molar-refractivity contribution < 1.29 is 0 Å². The van der Waals surface area contributed by atoms with Crippen molar-refractivity contribution in [3.8, 4) is 22.4 Å². The number of benzene rings is 2. The minimum atomic E-state index is 0.631. The molecule has 106 valence electrons. The Morgan fingerprint density at radius 2 is 1.90 bits per heavy atom. The molecule has 2 N–H and O–H groups in total. The van der Waals surface area contributed by atoms with Crippen LogP contribution in [-0.2, 0) is 7.05 Å². The molecule has 21 heavy (non-hydrogen) atoms. The molecule has 1 heterocycles. The van der Waals surface area contributed by atoms with Crippen LogP contribution in [0.25, 0.3) is 22.4 Å². The summed E-state index contributed by atoms with van der Waals surface area (Å²) in [7, 11) is 1.85. The highest BCUT2D eigenvalue weighted by Crippen LogP contribution is 2.38. The maximum absolute atomic E-state index is 6.23. The van der Waals surface area contributed by atoms with Crippen LogP contribution in [0, 0.1) is 3.57 Å². The molecule has 0 unspecified atom stereocenters. The van der Waals surface area contributed by atoms with Gasteiger partial charge in [0, 0.05) is 21.2 Å². The van der Waals surface area contributed by atoms with Crippen LogP contribution in [-0.4, -0.2) is 9.78 Å². The highest BCUT2D eigenvalue weighted by molar-refractivity contribution is 14.1. The second kappa shape index (κ2) is 5.69. The first-order valence-corrected chi connectivity index (χ1v) is 7.87. The SMILES string of the molecule is Cn1nc(-c2ccccc2I)c(-c2cccc(Cl)c2)c1N. The van der Waals surface area contributed by atoms with Gasteiger partial charge in [-0.05, 0) is 46.4 Å². The van der Waals surface area contributed by atoms with E-state index in [2.05, 4.69) is 39.8 Å². The van der Waals surface area contributed by atoms with Crippen molar-refractivity contribution in [2.75, 3.05) is 5.73 Å². The Morgan fingerprint density at radius 1 is 1.14 bits per heavy atom. The third-order valence-corrected chi connectivity index (χ3v) is 4.51. The zero-order chi connectivity index (χ0) is 15.0. The fourth-order valence-corrected chi connectivity index (χ4v) is 3.14. The van der Waals surface area contributed by atoms with Gasteiger partial charge in [-0.1, -0.05) is 41.9 Å². The third-order valence-electron chi connectivity index (χ3n) is 3.33. The Hall–Kier alpha value is -1.53. The van der Waals surface area contributed by atoms with Crippen LogP contribution in [0.2, 0.25) is 5.02 Å². The Bertz CT molecular complexity index is 811. The summed E-state index contributed by atoms with van der Waals surface area (Å²) >= 11 is 8.43. The van der Waals surface area contributed by atoms with E-state index < -0.39 is 0 Å². The van der Waals surface area contributed by atoms with Crippen LogP contribution in [0.5, 0.6) is 0 Å². The molecule has 0 atom stereocenters. The smallest absolute Gasteiger partial charge is 0.129 e. The Labute approximate surface area is 141 Å². The first kappa shape index (κ1) is 14.4. The molecule has 3 aromatic rings. The Morgan fingerprint density at radius 3 is 2.62 bits per heavy atom. The van der Waals surface area contributed by atoms with Gasteiger partial charge in [0.2, 0.25) is 0 Å². The second-order valence-corrected chi connectivity index (χ2v) is 6.32. The summed E-state index contributed by atoms with van der Waals surface area (Å²) < 4.78 is 2.84. The maximum Gasteiger partial charge on any atom is 0.129 e. The van der Waals surface area contributed by atoms with E-state index in [1.165, 1.54) is 0 Å². The molecule has 0 bridgehead atoms. The van der Waals surface area contributed by atoms with Crippen LogP contribution < -0.4 is 5.73 Å². The average molecular weight is 410 g/mol. The number of hydrogen-bond donors (Lipinski definition) is 1. The van der Waals surface area contributed by atoms with Crippen molar-refractivity contribution in [2.45, 2.75) is 0 Å². The van der Waals surface area contributed by atoms with E-state index in [9.17, 15) is 0 Å². The lowest BCUT2D eigenvalue weighted by Gasteiger charge is -2.06. The van der Waals surface area contributed by atoms with E-state index in [4.69, 9.17) is 17.3 Å². The zero-order valence-electron chi connectivity index (χ0n) is 11.3. The summed E-state index contributed by atoms with van der Waals surface area (Å²) in [6.45, 7) is 0. The number of hydrogen-bond acceptors (Lipinski definition) is 2. The lowest BCUT2D eigenvalue weighted by Crippen LogP contribution is -1.97. The van der Waals surface area contributed by atoms with Gasteiger partial charge in [-0.25, -0.2) is 0 Å². The molecule has 3 rings (SSSR count). The summed E-state index contributed by atoms with van der Waals surface area (Å²) in [5.74, 6) is 0.631. The summed E-state index contributed by atoms with van der Waals surface area (Å²) in [6.07, 6.45) is 0. The molecule has 0 amide bonds. The molecule has 0 spiro atoms. The Kier molecular flexibility index (Phi) is 3.91. The minimum absolute atomic E-state index is 0.631. The fourth-order valence-electron chi connectivity index (χ4n) is 2.31. The largest absolute Gasteiger partial charge is 0.383 e. The second-order valence-electron chi connectivity index (χ2n) is 4.72. The number of nitrogens with zero attached hydrogens (tertiary/aromatic N) is 2. The lowest BCUT2D eigenvalue weighted by atomic mass is 10.0. The van der Waals surface area contributed by atoms with Gasteiger partial charge in [0.1, 0.15) is 11.5 Å². The summed E-state index contributed by atoms with van der Waals surface area (Å²) in [5.41, 5.74) is 10.1. The molecule has 0 aliphatic carbocycles. The maximum atomic E-state index is 6.23. The van der Waals surface area contributed by atoms with E-state index in [-0.39, 0.29) is 0 Å². The predicted octanol–water partition coefficient (Wildman–Crippen LogP) is 4.59. The van der Waals surface area contributed by atoms with Gasteiger partial charge >= 0.3 is 0 Å². The van der Waals surface area contributed by atoms with Gasteiger partial charge in [-0.15, -0.1) is 0 Å². The first-order valence-electron chi connectivity index (χ1n) is 6.41. The highest BCUT2D eigenvalue weighted by atomic mass is 127. The molecule has 0 aliphatic heterocycles. The molecule has 0 aliphatic rings. The van der Waals surface area contributed by atoms with Crippen molar-refractivity contribution in [2.24, 2.45) is 7.05 Å². The molecule has 2 aromatic carbocycles. The van der Waals surface area contributed by atoms with E-state index in [0.717, 1.165) is 26.0 Å². The molecule has 0 saturated carbocycles. The first-order chi connectivity index (χ1) is 10.1. The quantitative estimate of drug-likeness (QED) is 0.629. The normalized spacial score (nSPS) is 10.8. The molecule has 0 saturated heterocycles. The van der Waals surface area contributed by atoms with Crippen LogP contribution in [0.4, 0.5) is 5.82 Å². The molecule has 3 nitrogen and oxygen atoms in total. The molecular weight excluding hydrogens is 397 g/mol. The van der Waals surface area contributed by atoms with Crippen molar-refractivity contribution >= 4 is 40.0 Å². The number of nitrogens with two attached hydrogens (primary N) is 1. The topological polar surface area (TPSA) is 43.8 Å². The van der Waals surface area contributed by atoms with Crippen LogP contribution in [0.15, 0.2) is 48.5 Å². The van der Waals surface area contributed by atoms with Crippen molar-refractivity contribution in [3.63, 3.8) is 0 Å². The highest BCUT2D eigenvalue weighted by Gasteiger charge is 2.18. The van der Waals surface area contributed by atoms with Crippen molar-refractivity contribution in [1.82, 2.24) is 9.78 Å². The monoisotopic (exact) mass is 409 g/mol. The van der Waals surface area contributed by atoms with Gasteiger partial charge in [-0.2, -0.15) is 5.10 Å². The zero-order valence-corrected chi connectivity index (χ0v) is 14.3. The minimum Gasteiger partial charge on any atom is -0.383 e. The Balaban J connectivity index is 2.29. The van der Waals surface area contributed by atoms with E-state index >= 15 is 0 Å². The molecular formula is C16H13ClIN3. The van der Waals surface area contributed by atoms with Crippen molar-refractivity contribution in [1.29, 1.82) is 0 Å². The third kappa shape index (κ3) is 2.65. The number of rotatable bonds is 2. The molecule has 1 aromatic heterocycles. The van der Waals surface area contributed by atoms with Crippen molar-refractivity contribution in [3.05, 3.63) is 57.1 Å². The molecule has 5 heteroatoms. The number of anilines is 1. The number of halogens is 2.